The van der Waals surface area contributed by atoms with Crippen LogP contribution < -0.4 is 0 Å². The molecule has 2 atom stereocenters. The second-order valence-corrected chi connectivity index (χ2v) is 5.33. The van der Waals surface area contributed by atoms with Crippen LogP contribution in [0, 0.1) is 5.92 Å². The van der Waals surface area contributed by atoms with Gasteiger partial charge in [-0.15, -0.1) is 0 Å². The van der Waals surface area contributed by atoms with Crippen LogP contribution in [0.3, 0.4) is 0 Å². The van der Waals surface area contributed by atoms with E-state index in [9.17, 15) is 9.90 Å². The summed E-state index contributed by atoms with van der Waals surface area (Å²) in [6, 6.07) is 5.57. The molecule has 0 aromatic carbocycles. The lowest BCUT2D eigenvalue weighted by atomic mass is 10.0. The Bertz CT molecular complexity index is 613. The minimum atomic E-state index is -0.830. The molecule has 0 unspecified atom stereocenters. The number of carbonyl (C=O) groups is 1. The number of rotatable bonds is 4. The van der Waals surface area contributed by atoms with Crippen LogP contribution in [0.4, 0.5) is 0 Å². The third-order valence-electron chi connectivity index (χ3n) is 3.63. The van der Waals surface area contributed by atoms with Crippen molar-refractivity contribution in [2.45, 2.75) is 11.8 Å². The maximum Gasteiger partial charge on any atom is 0.316 e. The van der Waals surface area contributed by atoms with E-state index in [-0.39, 0.29) is 5.92 Å². The highest BCUT2D eigenvalue weighted by Crippen LogP contribution is 2.54. The Balaban J connectivity index is 1.96. The molecule has 2 heterocycles. The predicted octanol–water partition coefficient (Wildman–Crippen LogP) is 2.00. The molecular formula is C13H12BrN3O2. The number of aromatic nitrogens is 3. The lowest BCUT2D eigenvalue weighted by Crippen LogP contribution is -2.23. The van der Waals surface area contributed by atoms with Gasteiger partial charge < -0.3 is 5.11 Å². The van der Waals surface area contributed by atoms with Crippen LogP contribution in [0.1, 0.15) is 12.1 Å². The van der Waals surface area contributed by atoms with Crippen molar-refractivity contribution < 1.29 is 9.90 Å². The van der Waals surface area contributed by atoms with Crippen molar-refractivity contribution in [3.63, 3.8) is 0 Å². The van der Waals surface area contributed by atoms with Crippen LogP contribution in [0.15, 0.2) is 36.9 Å². The Morgan fingerprint density at radius 2 is 2.37 bits per heavy atom. The van der Waals surface area contributed by atoms with Crippen molar-refractivity contribution in [3.05, 3.63) is 42.6 Å². The molecule has 98 valence electrons. The highest BCUT2D eigenvalue weighted by atomic mass is 79.9. The van der Waals surface area contributed by atoms with Crippen LogP contribution in [-0.4, -0.2) is 30.9 Å². The van der Waals surface area contributed by atoms with Gasteiger partial charge in [0.1, 0.15) is 17.6 Å². The number of hydrogen-bond donors (Lipinski definition) is 1. The van der Waals surface area contributed by atoms with Gasteiger partial charge in [0.25, 0.3) is 0 Å². The van der Waals surface area contributed by atoms with Gasteiger partial charge in [0, 0.05) is 17.7 Å². The number of imidazole rings is 1. The Morgan fingerprint density at radius 1 is 1.53 bits per heavy atom. The number of carboxylic acids is 1. The largest absolute Gasteiger partial charge is 0.481 e. The number of nitrogens with zero attached hydrogens (tertiary/aromatic N) is 3. The van der Waals surface area contributed by atoms with Gasteiger partial charge in [-0.1, -0.05) is 22.0 Å². The molecule has 1 aliphatic carbocycles. The molecule has 6 heteroatoms. The van der Waals surface area contributed by atoms with Gasteiger partial charge in [0.05, 0.1) is 5.69 Å². The van der Waals surface area contributed by atoms with Gasteiger partial charge in [-0.25, -0.2) is 9.97 Å². The van der Waals surface area contributed by atoms with Crippen LogP contribution in [0.25, 0.3) is 5.82 Å². The van der Waals surface area contributed by atoms with E-state index in [0.29, 0.717) is 17.4 Å². The van der Waals surface area contributed by atoms with Crippen LogP contribution in [-0.2, 0) is 10.2 Å². The summed E-state index contributed by atoms with van der Waals surface area (Å²) in [7, 11) is 0. The molecule has 0 bridgehead atoms. The summed E-state index contributed by atoms with van der Waals surface area (Å²) in [4.78, 5) is 20.0. The quantitative estimate of drug-likeness (QED) is 0.875. The van der Waals surface area contributed by atoms with E-state index in [1.54, 1.807) is 23.3 Å². The van der Waals surface area contributed by atoms with Crippen molar-refractivity contribution in [1.82, 2.24) is 14.5 Å². The number of carboxylic acid groups (broad SMARTS) is 1. The molecule has 2 aromatic heterocycles. The van der Waals surface area contributed by atoms with Gasteiger partial charge in [-0.05, 0) is 24.5 Å². The highest BCUT2D eigenvalue weighted by Gasteiger charge is 2.62. The molecule has 0 saturated heterocycles. The third-order valence-corrected chi connectivity index (χ3v) is 4.41. The Labute approximate surface area is 118 Å². The molecule has 5 nitrogen and oxygen atoms in total. The fourth-order valence-corrected chi connectivity index (χ4v) is 3.17. The first kappa shape index (κ1) is 12.3. The van der Waals surface area contributed by atoms with E-state index in [2.05, 4.69) is 25.9 Å². The minimum absolute atomic E-state index is 0.108. The molecule has 1 fully saturated rings. The van der Waals surface area contributed by atoms with Crippen molar-refractivity contribution in [3.8, 4) is 5.82 Å². The van der Waals surface area contributed by atoms with Gasteiger partial charge in [0.15, 0.2) is 0 Å². The Hall–Kier alpha value is -1.69. The summed E-state index contributed by atoms with van der Waals surface area (Å²) in [5, 5.41) is 10.1. The number of pyridine rings is 1. The summed E-state index contributed by atoms with van der Waals surface area (Å²) in [6.45, 7) is 0. The Morgan fingerprint density at radius 3 is 2.95 bits per heavy atom. The summed E-state index contributed by atoms with van der Waals surface area (Å²) in [6.07, 6.45) is 5.71. The number of alkyl halides is 1. The van der Waals surface area contributed by atoms with Gasteiger partial charge in [-0.2, -0.15) is 0 Å². The molecule has 1 aliphatic rings. The van der Waals surface area contributed by atoms with Crippen LogP contribution in [0.5, 0.6) is 0 Å². The van der Waals surface area contributed by atoms with Crippen LogP contribution in [0.2, 0.25) is 0 Å². The highest BCUT2D eigenvalue weighted by molar-refractivity contribution is 9.09. The van der Waals surface area contributed by atoms with Crippen molar-refractivity contribution >= 4 is 21.9 Å². The van der Waals surface area contributed by atoms with E-state index in [1.807, 2.05) is 18.2 Å². The summed E-state index contributed by atoms with van der Waals surface area (Å²) < 4.78 is 1.75. The van der Waals surface area contributed by atoms with E-state index in [0.717, 1.165) is 5.82 Å². The third kappa shape index (κ3) is 1.87. The number of hydrogen-bond acceptors (Lipinski definition) is 3. The summed E-state index contributed by atoms with van der Waals surface area (Å²) in [5.74, 6) is 0.0399. The number of halogens is 1. The van der Waals surface area contributed by atoms with Gasteiger partial charge in [0.2, 0.25) is 0 Å². The first-order valence-electron chi connectivity index (χ1n) is 5.93. The van der Waals surface area contributed by atoms with Crippen molar-refractivity contribution in [1.29, 1.82) is 0 Å². The average Bonchev–Trinajstić information content (AvgIpc) is 2.99. The molecule has 0 amide bonds. The molecule has 1 saturated carbocycles. The van der Waals surface area contributed by atoms with Crippen molar-refractivity contribution in [2.75, 3.05) is 5.33 Å². The van der Waals surface area contributed by atoms with Gasteiger partial charge in [-0.3, -0.25) is 9.36 Å². The minimum Gasteiger partial charge on any atom is -0.481 e. The fraction of sp³-hybridized carbons (Fsp3) is 0.308. The molecule has 3 rings (SSSR count). The lowest BCUT2D eigenvalue weighted by Gasteiger charge is -2.07. The van der Waals surface area contributed by atoms with E-state index in [1.165, 1.54) is 0 Å². The molecule has 2 aromatic rings. The monoisotopic (exact) mass is 321 g/mol. The van der Waals surface area contributed by atoms with Crippen molar-refractivity contribution in [2.24, 2.45) is 5.92 Å². The SMILES string of the molecule is O=C(O)[C@]1(c2cn(-c3ccccn3)cn2)C[C@@H]1CBr. The molecule has 19 heavy (non-hydrogen) atoms. The fourth-order valence-electron chi connectivity index (χ4n) is 2.39. The smallest absolute Gasteiger partial charge is 0.316 e. The first-order valence-corrected chi connectivity index (χ1v) is 7.06. The zero-order valence-electron chi connectivity index (χ0n) is 10.0. The lowest BCUT2D eigenvalue weighted by molar-refractivity contribution is -0.140. The number of aliphatic carboxylic acids is 1. The average molecular weight is 322 g/mol. The van der Waals surface area contributed by atoms with E-state index >= 15 is 0 Å². The second kappa shape index (κ2) is 4.45. The zero-order chi connectivity index (χ0) is 13.5. The molecule has 0 aliphatic heterocycles. The maximum atomic E-state index is 11.5. The first-order chi connectivity index (χ1) is 9.18. The summed E-state index contributed by atoms with van der Waals surface area (Å²) in [5.41, 5.74) is -0.223. The molecular weight excluding hydrogens is 310 g/mol. The van der Waals surface area contributed by atoms with E-state index < -0.39 is 11.4 Å². The van der Waals surface area contributed by atoms with Crippen LogP contribution >= 0.6 is 15.9 Å². The van der Waals surface area contributed by atoms with E-state index in [4.69, 9.17) is 0 Å². The normalized spacial score (nSPS) is 25.2. The second-order valence-electron chi connectivity index (χ2n) is 4.69. The molecule has 0 radical (unpaired) electrons. The Kier molecular flexibility index (Phi) is 2.89. The standard InChI is InChI=1S/C13H12BrN3O2/c14-6-9-5-13(9,12(18)19)10-7-17(8-16-10)11-3-1-2-4-15-11/h1-4,7-9H,5-6H2,(H,18,19)/t9-,13-/m1/s1. The topological polar surface area (TPSA) is 68.0 Å². The molecule has 1 N–H and O–H groups in total. The molecule has 0 spiro atoms. The summed E-state index contributed by atoms with van der Waals surface area (Å²) >= 11 is 3.36. The zero-order valence-corrected chi connectivity index (χ0v) is 11.6. The maximum absolute atomic E-state index is 11.5. The van der Waals surface area contributed by atoms with Gasteiger partial charge >= 0.3 is 5.97 Å². The predicted molar refractivity (Wildman–Crippen MR) is 72.6 cm³/mol.